The molecule has 1 amide bonds. The summed E-state index contributed by atoms with van der Waals surface area (Å²) >= 11 is 5.89. The molecule has 3 nitrogen and oxygen atoms in total. The van der Waals surface area contributed by atoms with Gasteiger partial charge in [-0.2, -0.15) is 0 Å². The molecule has 3 aromatic rings. The molecule has 0 spiro atoms. The molecule has 116 valence electrons. The molecular formula is C18H13ClFNO2. The van der Waals surface area contributed by atoms with Gasteiger partial charge >= 0.3 is 0 Å². The summed E-state index contributed by atoms with van der Waals surface area (Å²) in [6.45, 7) is 1.84. The number of hydrogen-bond acceptors (Lipinski definition) is 2. The Morgan fingerprint density at radius 3 is 2.65 bits per heavy atom. The summed E-state index contributed by atoms with van der Waals surface area (Å²) in [5.41, 5.74) is 1.80. The highest BCUT2D eigenvalue weighted by Gasteiger charge is 2.15. The van der Waals surface area contributed by atoms with E-state index in [1.54, 1.807) is 42.5 Å². The number of aryl methyl sites for hydroxylation is 1. The summed E-state index contributed by atoms with van der Waals surface area (Å²) in [6.07, 6.45) is 0. The zero-order valence-electron chi connectivity index (χ0n) is 12.3. The Hall–Kier alpha value is -2.59. The van der Waals surface area contributed by atoms with E-state index in [9.17, 15) is 9.18 Å². The van der Waals surface area contributed by atoms with Crippen molar-refractivity contribution in [1.29, 1.82) is 0 Å². The zero-order valence-corrected chi connectivity index (χ0v) is 13.0. The van der Waals surface area contributed by atoms with Crippen molar-refractivity contribution in [3.63, 3.8) is 0 Å². The molecule has 0 unspecified atom stereocenters. The van der Waals surface area contributed by atoms with Gasteiger partial charge in [-0.15, -0.1) is 0 Å². The van der Waals surface area contributed by atoms with E-state index < -0.39 is 11.7 Å². The Kier molecular flexibility index (Phi) is 4.17. The van der Waals surface area contributed by atoms with E-state index >= 15 is 0 Å². The molecule has 1 N–H and O–H groups in total. The molecule has 0 atom stereocenters. The number of furan rings is 1. The highest BCUT2D eigenvalue weighted by molar-refractivity contribution is 6.30. The first-order chi connectivity index (χ1) is 11.0. The van der Waals surface area contributed by atoms with E-state index in [2.05, 4.69) is 5.32 Å². The van der Waals surface area contributed by atoms with Gasteiger partial charge in [0.1, 0.15) is 11.6 Å². The molecule has 0 aliphatic heterocycles. The van der Waals surface area contributed by atoms with Crippen LogP contribution in [0.2, 0.25) is 5.02 Å². The Labute approximate surface area is 137 Å². The van der Waals surface area contributed by atoms with E-state index in [4.69, 9.17) is 16.0 Å². The van der Waals surface area contributed by atoms with Gasteiger partial charge in [0.2, 0.25) is 0 Å². The van der Waals surface area contributed by atoms with Gasteiger partial charge in [0.25, 0.3) is 5.91 Å². The third-order valence-electron chi connectivity index (χ3n) is 3.41. The van der Waals surface area contributed by atoms with Gasteiger partial charge < -0.3 is 9.73 Å². The van der Waals surface area contributed by atoms with Gasteiger partial charge in [-0.3, -0.25) is 4.79 Å². The van der Waals surface area contributed by atoms with Crippen molar-refractivity contribution in [3.05, 3.63) is 76.8 Å². The van der Waals surface area contributed by atoms with E-state index in [-0.39, 0.29) is 5.76 Å². The molecule has 0 fully saturated rings. The first-order valence-corrected chi connectivity index (χ1v) is 7.34. The van der Waals surface area contributed by atoms with Crippen LogP contribution in [0.25, 0.3) is 11.3 Å². The van der Waals surface area contributed by atoms with E-state index in [1.165, 1.54) is 12.1 Å². The largest absolute Gasteiger partial charge is 0.451 e. The number of anilines is 1. The lowest BCUT2D eigenvalue weighted by atomic mass is 10.1. The number of nitrogens with one attached hydrogen (secondary N) is 1. The Bertz CT molecular complexity index is 873. The Balaban J connectivity index is 1.83. The highest BCUT2D eigenvalue weighted by Crippen LogP contribution is 2.26. The van der Waals surface area contributed by atoms with Crippen molar-refractivity contribution < 1.29 is 13.6 Å². The van der Waals surface area contributed by atoms with Crippen LogP contribution in [0.3, 0.4) is 0 Å². The normalized spacial score (nSPS) is 10.6. The van der Waals surface area contributed by atoms with Gasteiger partial charge in [0.05, 0.1) is 5.56 Å². The molecule has 2 aromatic carbocycles. The second kappa shape index (κ2) is 6.26. The van der Waals surface area contributed by atoms with Crippen LogP contribution in [0.4, 0.5) is 10.1 Å². The van der Waals surface area contributed by atoms with Crippen molar-refractivity contribution in [2.24, 2.45) is 0 Å². The molecule has 0 saturated heterocycles. The van der Waals surface area contributed by atoms with Crippen molar-refractivity contribution >= 4 is 23.2 Å². The first kappa shape index (κ1) is 15.3. The van der Waals surface area contributed by atoms with Crippen molar-refractivity contribution in [3.8, 4) is 11.3 Å². The second-order valence-electron chi connectivity index (χ2n) is 5.06. The van der Waals surface area contributed by atoms with Crippen molar-refractivity contribution in [2.75, 3.05) is 5.32 Å². The number of benzene rings is 2. The lowest BCUT2D eigenvalue weighted by Crippen LogP contribution is -2.11. The van der Waals surface area contributed by atoms with Crippen LogP contribution < -0.4 is 5.32 Å². The van der Waals surface area contributed by atoms with Crippen LogP contribution in [-0.4, -0.2) is 5.91 Å². The average Bonchev–Trinajstić information content (AvgIpc) is 3.00. The number of hydrogen-bond donors (Lipinski definition) is 1. The second-order valence-corrected chi connectivity index (χ2v) is 5.49. The van der Waals surface area contributed by atoms with Crippen LogP contribution in [0.1, 0.15) is 16.1 Å². The van der Waals surface area contributed by atoms with Gasteiger partial charge in [0, 0.05) is 10.7 Å². The third kappa shape index (κ3) is 3.27. The van der Waals surface area contributed by atoms with Crippen LogP contribution in [-0.2, 0) is 0 Å². The monoisotopic (exact) mass is 329 g/mol. The Morgan fingerprint density at radius 1 is 1.13 bits per heavy atom. The molecule has 0 radical (unpaired) electrons. The lowest BCUT2D eigenvalue weighted by molar-refractivity contribution is 0.0997. The number of rotatable bonds is 3. The highest BCUT2D eigenvalue weighted by atomic mass is 35.5. The lowest BCUT2D eigenvalue weighted by Gasteiger charge is -2.07. The maximum Gasteiger partial charge on any atom is 0.291 e. The van der Waals surface area contributed by atoms with E-state index in [0.29, 0.717) is 22.0 Å². The number of carbonyl (C=O) groups is 1. The smallest absolute Gasteiger partial charge is 0.291 e. The predicted octanol–water partition coefficient (Wildman–Crippen LogP) is 5.30. The number of amides is 1. The molecule has 0 aliphatic rings. The minimum atomic E-state index is -0.405. The van der Waals surface area contributed by atoms with Crippen LogP contribution in [0.5, 0.6) is 0 Å². The van der Waals surface area contributed by atoms with Gasteiger partial charge in [-0.25, -0.2) is 4.39 Å². The summed E-state index contributed by atoms with van der Waals surface area (Å²) in [5.74, 6) is -0.390. The summed E-state index contributed by atoms with van der Waals surface area (Å²) in [4.78, 5) is 12.2. The van der Waals surface area contributed by atoms with Crippen LogP contribution in [0.15, 0.2) is 59.0 Å². The van der Waals surface area contributed by atoms with Crippen molar-refractivity contribution in [1.82, 2.24) is 0 Å². The fraction of sp³-hybridized carbons (Fsp3) is 0.0556. The van der Waals surface area contributed by atoms with Gasteiger partial charge in [0.15, 0.2) is 5.76 Å². The summed E-state index contributed by atoms with van der Waals surface area (Å²) in [7, 11) is 0. The standard InChI is InChI=1S/C18H13ClFNO2/c1-11-10-12(19)6-7-15(11)21-18(22)17-9-8-16(23-17)13-4-2-3-5-14(13)20/h2-10H,1H3,(H,21,22). The maximum absolute atomic E-state index is 13.8. The Morgan fingerprint density at radius 2 is 1.91 bits per heavy atom. The quantitative estimate of drug-likeness (QED) is 0.708. The molecule has 0 saturated carbocycles. The predicted molar refractivity (Wildman–Crippen MR) is 88.2 cm³/mol. The minimum Gasteiger partial charge on any atom is -0.451 e. The third-order valence-corrected chi connectivity index (χ3v) is 3.64. The van der Waals surface area contributed by atoms with Gasteiger partial charge in [-0.1, -0.05) is 23.7 Å². The van der Waals surface area contributed by atoms with Crippen LogP contribution >= 0.6 is 11.6 Å². The first-order valence-electron chi connectivity index (χ1n) is 6.97. The van der Waals surface area contributed by atoms with E-state index in [0.717, 1.165) is 5.56 Å². The SMILES string of the molecule is Cc1cc(Cl)ccc1NC(=O)c1ccc(-c2ccccc2F)o1. The number of halogens is 2. The fourth-order valence-electron chi connectivity index (χ4n) is 2.22. The van der Waals surface area contributed by atoms with Crippen LogP contribution in [0, 0.1) is 12.7 Å². The molecule has 0 aliphatic carbocycles. The molecule has 1 aromatic heterocycles. The summed E-state index contributed by atoms with van der Waals surface area (Å²) < 4.78 is 19.2. The topological polar surface area (TPSA) is 42.2 Å². The molecular weight excluding hydrogens is 317 g/mol. The average molecular weight is 330 g/mol. The van der Waals surface area contributed by atoms with Gasteiger partial charge in [-0.05, 0) is 55.0 Å². The summed E-state index contributed by atoms with van der Waals surface area (Å²) in [5, 5.41) is 3.35. The molecule has 1 heterocycles. The summed E-state index contributed by atoms with van der Waals surface area (Å²) in [6, 6.07) is 14.5. The molecule has 0 bridgehead atoms. The molecule has 23 heavy (non-hydrogen) atoms. The van der Waals surface area contributed by atoms with Crippen molar-refractivity contribution in [2.45, 2.75) is 6.92 Å². The maximum atomic E-state index is 13.8. The molecule has 3 rings (SSSR count). The van der Waals surface area contributed by atoms with E-state index in [1.807, 2.05) is 6.92 Å². The molecule has 5 heteroatoms. The zero-order chi connectivity index (χ0) is 16.4. The minimum absolute atomic E-state index is 0.109. The number of carbonyl (C=O) groups excluding carboxylic acids is 1. The fourth-order valence-corrected chi connectivity index (χ4v) is 2.44.